The Labute approximate surface area is 414 Å². The summed E-state index contributed by atoms with van der Waals surface area (Å²) in [6.45, 7) is 6.56. The quantitative estimate of drug-likeness (QED) is 0.0262. The lowest BCUT2D eigenvalue weighted by atomic mass is 10.0. The van der Waals surface area contributed by atoms with Crippen LogP contribution in [0.2, 0.25) is 0 Å². The molecule has 0 aromatic heterocycles. The van der Waals surface area contributed by atoms with Crippen molar-refractivity contribution in [1.82, 2.24) is 0 Å². The second-order valence-electron chi connectivity index (χ2n) is 18.8. The number of hydrogen-bond donors (Lipinski definition) is 0. The molecule has 0 unspecified atom stereocenters. The minimum Gasteiger partial charge on any atom is -0.462 e. The molecule has 0 aliphatic heterocycles. The Bertz CT molecular complexity index is 1260. The van der Waals surface area contributed by atoms with Gasteiger partial charge in [0.05, 0.1) is 0 Å². The second kappa shape index (κ2) is 55.4. The van der Waals surface area contributed by atoms with Crippen molar-refractivity contribution in [3.8, 4) is 0 Å². The Hall–Kier alpha value is -3.15. The van der Waals surface area contributed by atoms with E-state index in [1.165, 1.54) is 148 Å². The van der Waals surface area contributed by atoms with Gasteiger partial charge in [-0.3, -0.25) is 14.4 Å². The normalized spacial score (nSPS) is 12.6. The van der Waals surface area contributed by atoms with Crippen molar-refractivity contribution in [2.75, 3.05) is 13.2 Å². The highest BCUT2D eigenvalue weighted by Gasteiger charge is 2.19. The molecular formula is C61H106O6. The highest BCUT2D eigenvalue weighted by Crippen LogP contribution is 2.15. The van der Waals surface area contributed by atoms with Gasteiger partial charge in [0.15, 0.2) is 6.10 Å². The van der Waals surface area contributed by atoms with Crippen LogP contribution in [-0.4, -0.2) is 37.2 Å². The monoisotopic (exact) mass is 935 g/mol. The summed E-state index contributed by atoms with van der Waals surface area (Å²) in [6.07, 6.45) is 70.3. The molecule has 0 rings (SSSR count). The smallest absolute Gasteiger partial charge is 0.306 e. The van der Waals surface area contributed by atoms with Gasteiger partial charge in [0.1, 0.15) is 13.2 Å². The van der Waals surface area contributed by atoms with E-state index in [2.05, 4.69) is 93.7 Å². The van der Waals surface area contributed by atoms with E-state index >= 15 is 0 Å². The lowest BCUT2D eigenvalue weighted by molar-refractivity contribution is -0.167. The SMILES string of the molecule is CCCCC/C=C\C/C=C\C/C=C\CCCCCCC(=O)O[C@H](COC(=O)CCC/C=C\C/C=C\C/C=C\CCCCCCCC)COC(=O)CCCCCCCCCCCCCCCCC. The third-order valence-electron chi connectivity index (χ3n) is 12.2. The number of allylic oxidation sites excluding steroid dienone is 12. The second-order valence-corrected chi connectivity index (χ2v) is 18.8. The molecule has 0 radical (unpaired) electrons. The van der Waals surface area contributed by atoms with Crippen LogP contribution >= 0.6 is 0 Å². The third-order valence-corrected chi connectivity index (χ3v) is 12.2. The first-order valence-electron chi connectivity index (χ1n) is 28.4. The standard InChI is InChI=1S/C61H106O6/c1-4-7-10-13-16-19-22-25-28-30-33-36-39-42-45-48-51-54-60(63)66-57-58(56-65-59(62)53-50-47-44-41-38-35-32-27-24-21-18-15-12-9-6-3)67-61(64)55-52-49-46-43-40-37-34-31-29-26-23-20-17-14-11-8-5-2/h17,20,25-26,28-29,33-34,36-37,42,45,58H,4-16,18-19,21-24,27,30-32,35,38-41,43-44,46-57H2,1-3H3/b20-17-,28-25-,29-26-,36-33-,37-34-,45-42-/t58-/m0/s1. The zero-order valence-electron chi connectivity index (χ0n) is 44.2. The van der Waals surface area contributed by atoms with Crippen molar-refractivity contribution < 1.29 is 28.6 Å². The fraction of sp³-hybridized carbons (Fsp3) is 0.754. The van der Waals surface area contributed by atoms with Crippen LogP contribution < -0.4 is 0 Å². The van der Waals surface area contributed by atoms with Gasteiger partial charge >= 0.3 is 17.9 Å². The van der Waals surface area contributed by atoms with Gasteiger partial charge < -0.3 is 14.2 Å². The summed E-state index contributed by atoms with van der Waals surface area (Å²) in [5.74, 6) is -0.967. The molecule has 0 spiro atoms. The van der Waals surface area contributed by atoms with E-state index in [1.54, 1.807) is 0 Å². The highest BCUT2D eigenvalue weighted by molar-refractivity contribution is 5.71. The van der Waals surface area contributed by atoms with Crippen LogP contribution in [-0.2, 0) is 28.6 Å². The molecule has 67 heavy (non-hydrogen) atoms. The minimum absolute atomic E-state index is 0.0982. The fourth-order valence-corrected chi connectivity index (χ4v) is 7.88. The summed E-state index contributed by atoms with van der Waals surface area (Å²) in [7, 11) is 0. The van der Waals surface area contributed by atoms with Gasteiger partial charge in [-0.25, -0.2) is 0 Å². The fourth-order valence-electron chi connectivity index (χ4n) is 7.88. The van der Waals surface area contributed by atoms with E-state index in [9.17, 15) is 14.4 Å². The summed E-state index contributed by atoms with van der Waals surface area (Å²) in [6, 6.07) is 0. The molecule has 0 saturated carbocycles. The maximum absolute atomic E-state index is 12.8. The zero-order valence-corrected chi connectivity index (χ0v) is 44.2. The van der Waals surface area contributed by atoms with E-state index < -0.39 is 6.10 Å². The molecule has 0 aromatic rings. The van der Waals surface area contributed by atoms with Gasteiger partial charge in [-0.05, 0) is 89.9 Å². The summed E-state index contributed by atoms with van der Waals surface area (Å²) >= 11 is 0. The highest BCUT2D eigenvalue weighted by atomic mass is 16.6. The summed E-state index contributed by atoms with van der Waals surface area (Å²) in [5, 5.41) is 0. The number of carbonyl (C=O) groups is 3. The van der Waals surface area contributed by atoms with Gasteiger partial charge in [-0.15, -0.1) is 0 Å². The molecular weight excluding hydrogens is 829 g/mol. The predicted molar refractivity (Wildman–Crippen MR) is 288 cm³/mol. The Morgan fingerprint density at radius 1 is 0.299 bits per heavy atom. The molecule has 0 fully saturated rings. The van der Waals surface area contributed by atoms with Crippen LogP contribution in [0.15, 0.2) is 72.9 Å². The maximum Gasteiger partial charge on any atom is 0.306 e. The van der Waals surface area contributed by atoms with Crippen LogP contribution in [0.4, 0.5) is 0 Å². The van der Waals surface area contributed by atoms with Crippen LogP contribution in [0.3, 0.4) is 0 Å². The Balaban J connectivity index is 4.49. The number of unbranched alkanes of at least 4 members (excludes halogenated alkanes) is 28. The van der Waals surface area contributed by atoms with E-state index in [0.29, 0.717) is 19.3 Å². The molecule has 0 aromatic carbocycles. The first-order chi connectivity index (χ1) is 33.0. The summed E-state index contributed by atoms with van der Waals surface area (Å²) < 4.78 is 16.8. The van der Waals surface area contributed by atoms with Crippen LogP contribution in [0.1, 0.15) is 278 Å². The molecule has 1 atom stereocenters. The van der Waals surface area contributed by atoms with Crippen LogP contribution in [0, 0.1) is 0 Å². The average molecular weight is 936 g/mol. The van der Waals surface area contributed by atoms with Gasteiger partial charge in [-0.1, -0.05) is 241 Å². The van der Waals surface area contributed by atoms with E-state index in [0.717, 1.165) is 83.5 Å². The van der Waals surface area contributed by atoms with Crippen LogP contribution in [0.5, 0.6) is 0 Å². The first kappa shape index (κ1) is 63.8. The minimum atomic E-state index is -0.806. The molecule has 0 aliphatic rings. The molecule has 0 aliphatic carbocycles. The number of hydrogen-bond acceptors (Lipinski definition) is 6. The number of rotatable bonds is 51. The number of carbonyl (C=O) groups excluding carboxylic acids is 3. The number of esters is 3. The van der Waals surface area contributed by atoms with E-state index in [-0.39, 0.29) is 37.5 Å². The Morgan fingerprint density at radius 2 is 0.552 bits per heavy atom. The summed E-state index contributed by atoms with van der Waals surface area (Å²) in [4.78, 5) is 38.1. The van der Waals surface area contributed by atoms with Gasteiger partial charge in [0.2, 0.25) is 0 Å². The third kappa shape index (κ3) is 53.7. The molecule has 0 N–H and O–H groups in total. The number of ether oxygens (including phenoxy) is 3. The summed E-state index contributed by atoms with van der Waals surface area (Å²) in [5.41, 5.74) is 0. The average Bonchev–Trinajstić information content (AvgIpc) is 3.33. The predicted octanol–water partition coefficient (Wildman–Crippen LogP) is 19.0. The zero-order chi connectivity index (χ0) is 48.6. The maximum atomic E-state index is 12.8. The largest absolute Gasteiger partial charge is 0.462 e. The van der Waals surface area contributed by atoms with E-state index in [4.69, 9.17) is 14.2 Å². The van der Waals surface area contributed by atoms with Crippen molar-refractivity contribution in [1.29, 1.82) is 0 Å². The molecule has 6 heteroatoms. The van der Waals surface area contributed by atoms with Gasteiger partial charge in [0, 0.05) is 19.3 Å². The van der Waals surface area contributed by atoms with Crippen molar-refractivity contribution in [3.05, 3.63) is 72.9 Å². The molecule has 0 heterocycles. The lowest BCUT2D eigenvalue weighted by Gasteiger charge is -2.18. The first-order valence-corrected chi connectivity index (χ1v) is 28.4. The molecule has 0 saturated heterocycles. The Morgan fingerprint density at radius 3 is 0.925 bits per heavy atom. The van der Waals surface area contributed by atoms with Crippen molar-refractivity contribution in [2.45, 2.75) is 284 Å². The van der Waals surface area contributed by atoms with Crippen LogP contribution in [0.25, 0.3) is 0 Å². The van der Waals surface area contributed by atoms with Crippen molar-refractivity contribution in [3.63, 3.8) is 0 Å². The van der Waals surface area contributed by atoms with Crippen molar-refractivity contribution in [2.24, 2.45) is 0 Å². The van der Waals surface area contributed by atoms with E-state index in [1.807, 2.05) is 0 Å². The molecule has 0 amide bonds. The molecule has 6 nitrogen and oxygen atoms in total. The van der Waals surface area contributed by atoms with Gasteiger partial charge in [-0.2, -0.15) is 0 Å². The van der Waals surface area contributed by atoms with Crippen molar-refractivity contribution >= 4 is 17.9 Å². The Kier molecular flexibility index (Phi) is 52.8. The topological polar surface area (TPSA) is 78.9 Å². The molecule has 0 bridgehead atoms. The van der Waals surface area contributed by atoms with Gasteiger partial charge in [0.25, 0.3) is 0 Å². The lowest BCUT2D eigenvalue weighted by Crippen LogP contribution is -2.30. The molecule has 386 valence electrons.